The van der Waals surface area contributed by atoms with Gasteiger partial charge < -0.3 is 10.1 Å². The van der Waals surface area contributed by atoms with E-state index in [9.17, 15) is 13.2 Å². The summed E-state index contributed by atoms with van der Waals surface area (Å²) in [5.74, 6) is -0.344. The number of aromatic amines is 1. The number of aromatic nitrogens is 2. The van der Waals surface area contributed by atoms with E-state index in [1.165, 1.54) is 0 Å². The molecule has 1 heterocycles. The number of nitrogens with two attached hydrogens (primary N) is 1. The third-order valence-corrected chi connectivity index (χ3v) is 4.28. The van der Waals surface area contributed by atoms with Crippen LogP contribution in [0.4, 0.5) is 0 Å². The van der Waals surface area contributed by atoms with E-state index in [2.05, 4.69) is 15.5 Å². The first kappa shape index (κ1) is 15.9. The number of nitrogens with one attached hydrogen (secondary N) is 2. The number of hydrogen-bond acceptors (Lipinski definition) is 5. The van der Waals surface area contributed by atoms with Gasteiger partial charge in [-0.15, -0.1) is 0 Å². The van der Waals surface area contributed by atoms with Crippen LogP contribution < -0.4 is 10.5 Å². The minimum absolute atomic E-state index is 0.0970. The van der Waals surface area contributed by atoms with Crippen molar-refractivity contribution in [3.05, 3.63) is 11.4 Å². The second kappa shape index (κ2) is 6.12. The molecule has 1 aromatic heterocycles. The minimum Gasteiger partial charge on any atom is -0.384 e. The number of amides is 1. The monoisotopic (exact) mass is 316 g/mol. The summed E-state index contributed by atoms with van der Waals surface area (Å²) in [5.41, 5.74) is 0.275. The highest BCUT2D eigenvalue weighted by Gasteiger charge is 2.35. The lowest BCUT2D eigenvalue weighted by molar-refractivity contribution is 0.0926. The zero-order valence-corrected chi connectivity index (χ0v) is 12.9. The summed E-state index contributed by atoms with van der Waals surface area (Å²) in [7, 11) is -2.42. The molecule has 1 unspecified atom stereocenters. The Morgan fingerprint density at radius 3 is 2.76 bits per heavy atom. The Morgan fingerprint density at radius 1 is 1.57 bits per heavy atom. The molecule has 1 saturated carbocycles. The lowest BCUT2D eigenvalue weighted by Crippen LogP contribution is -2.31. The fourth-order valence-electron chi connectivity index (χ4n) is 2.13. The molecule has 9 heteroatoms. The molecule has 21 heavy (non-hydrogen) atoms. The van der Waals surface area contributed by atoms with Crippen molar-refractivity contribution >= 4 is 15.9 Å². The van der Waals surface area contributed by atoms with E-state index in [0.29, 0.717) is 18.8 Å². The van der Waals surface area contributed by atoms with Crippen LogP contribution in [0.5, 0.6) is 0 Å². The Balaban J connectivity index is 2.17. The molecule has 0 radical (unpaired) electrons. The quantitative estimate of drug-likeness (QED) is 0.649. The molecule has 1 amide bonds. The molecule has 1 aromatic rings. The zero-order chi connectivity index (χ0) is 15.6. The second-order valence-electron chi connectivity index (χ2n) is 5.40. The molecule has 1 aliphatic carbocycles. The van der Waals surface area contributed by atoms with Gasteiger partial charge in [-0.1, -0.05) is 6.92 Å². The molecular formula is C12H20N4O4S. The molecule has 4 N–H and O–H groups in total. The topological polar surface area (TPSA) is 127 Å². The first-order valence-electron chi connectivity index (χ1n) is 6.72. The van der Waals surface area contributed by atoms with Crippen LogP contribution >= 0.6 is 0 Å². The molecule has 0 saturated heterocycles. The van der Waals surface area contributed by atoms with Crippen LogP contribution in [0.1, 0.15) is 41.9 Å². The third kappa shape index (κ3) is 3.80. The standard InChI is InChI=1S/C12H20N4O4S/c1-7(6-20-2)5-14-12(17)10-11(21(13,18)19)9(15-16-10)8-3-4-8/h7-8H,3-6H2,1-2H3,(H,14,17)(H,15,16)(H2,13,18,19). The van der Waals surface area contributed by atoms with Crippen molar-refractivity contribution in [2.24, 2.45) is 11.1 Å². The van der Waals surface area contributed by atoms with Crippen LogP contribution in [0.3, 0.4) is 0 Å². The van der Waals surface area contributed by atoms with E-state index in [0.717, 1.165) is 12.8 Å². The summed E-state index contributed by atoms with van der Waals surface area (Å²) in [6.07, 6.45) is 1.74. The Hall–Kier alpha value is -1.45. The van der Waals surface area contributed by atoms with Gasteiger partial charge in [-0.2, -0.15) is 5.10 Å². The van der Waals surface area contributed by atoms with Crippen molar-refractivity contribution in [1.29, 1.82) is 0 Å². The van der Waals surface area contributed by atoms with Crippen LogP contribution in [0, 0.1) is 5.92 Å². The molecule has 0 bridgehead atoms. The fourth-order valence-corrected chi connectivity index (χ4v) is 3.06. The summed E-state index contributed by atoms with van der Waals surface area (Å²) in [4.78, 5) is 11.9. The zero-order valence-electron chi connectivity index (χ0n) is 12.0. The molecule has 1 atom stereocenters. The lowest BCUT2D eigenvalue weighted by atomic mass is 10.2. The predicted molar refractivity (Wildman–Crippen MR) is 75.3 cm³/mol. The van der Waals surface area contributed by atoms with Gasteiger partial charge in [0.05, 0.1) is 12.3 Å². The molecular weight excluding hydrogens is 296 g/mol. The number of carbonyl (C=O) groups is 1. The van der Waals surface area contributed by atoms with Crippen LogP contribution in [-0.2, 0) is 14.8 Å². The van der Waals surface area contributed by atoms with Crippen molar-refractivity contribution in [1.82, 2.24) is 15.5 Å². The summed E-state index contributed by atoms with van der Waals surface area (Å²) >= 11 is 0. The number of primary sulfonamides is 1. The van der Waals surface area contributed by atoms with Gasteiger partial charge in [0.25, 0.3) is 5.91 Å². The molecule has 1 fully saturated rings. The average molecular weight is 316 g/mol. The Morgan fingerprint density at radius 2 is 2.24 bits per heavy atom. The first-order chi connectivity index (χ1) is 9.84. The number of hydrogen-bond donors (Lipinski definition) is 3. The van der Waals surface area contributed by atoms with Crippen LogP contribution in [0.2, 0.25) is 0 Å². The van der Waals surface area contributed by atoms with E-state index < -0.39 is 15.9 Å². The highest BCUT2D eigenvalue weighted by molar-refractivity contribution is 7.89. The fraction of sp³-hybridized carbons (Fsp3) is 0.667. The molecule has 1 aliphatic rings. The summed E-state index contributed by atoms with van der Waals surface area (Å²) < 4.78 is 28.4. The maximum Gasteiger partial charge on any atom is 0.273 e. The highest BCUT2D eigenvalue weighted by Crippen LogP contribution is 2.42. The molecule has 0 spiro atoms. The Labute approximate surface area is 123 Å². The smallest absolute Gasteiger partial charge is 0.273 e. The largest absolute Gasteiger partial charge is 0.384 e. The van der Waals surface area contributed by atoms with E-state index in [4.69, 9.17) is 9.88 Å². The number of H-pyrrole nitrogens is 1. The molecule has 0 aliphatic heterocycles. The number of nitrogens with zero attached hydrogens (tertiary/aromatic N) is 1. The molecule has 2 rings (SSSR count). The van der Waals surface area contributed by atoms with Gasteiger partial charge in [0, 0.05) is 19.6 Å². The van der Waals surface area contributed by atoms with Gasteiger partial charge in [-0.05, 0) is 18.8 Å². The van der Waals surface area contributed by atoms with Crippen LogP contribution in [-0.4, -0.2) is 44.8 Å². The van der Waals surface area contributed by atoms with E-state index in [1.54, 1.807) is 7.11 Å². The average Bonchev–Trinajstić information content (AvgIpc) is 3.13. The minimum atomic E-state index is -4.00. The van der Waals surface area contributed by atoms with Crippen molar-refractivity contribution in [2.75, 3.05) is 20.3 Å². The lowest BCUT2D eigenvalue weighted by Gasteiger charge is -2.11. The van der Waals surface area contributed by atoms with E-state index >= 15 is 0 Å². The number of rotatable bonds is 7. The predicted octanol–water partition coefficient (Wildman–Crippen LogP) is -0.0532. The van der Waals surface area contributed by atoms with Crippen molar-refractivity contribution in [3.63, 3.8) is 0 Å². The summed E-state index contributed by atoms with van der Waals surface area (Å²) in [6.45, 7) is 2.77. The number of methoxy groups -OCH3 is 1. The van der Waals surface area contributed by atoms with Crippen molar-refractivity contribution in [3.8, 4) is 0 Å². The first-order valence-corrected chi connectivity index (χ1v) is 8.27. The van der Waals surface area contributed by atoms with Gasteiger partial charge in [-0.3, -0.25) is 9.89 Å². The van der Waals surface area contributed by atoms with Gasteiger partial charge in [0.2, 0.25) is 10.0 Å². The van der Waals surface area contributed by atoms with Crippen molar-refractivity contribution < 1.29 is 17.9 Å². The van der Waals surface area contributed by atoms with Crippen LogP contribution in [0.15, 0.2) is 4.90 Å². The number of ether oxygens (including phenoxy) is 1. The van der Waals surface area contributed by atoms with Gasteiger partial charge in [0.15, 0.2) is 5.69 Å². The molecule has 0 aromatic carbocycles. The molecule has 118 valence electrons. The van der Waals surface area contributed by atoms with Gasteiger partial charge in [0.1, 0.15) is 4.90 Å². The van der Waals surface area contributed by atoms with E-state index in [1.807, 2.05) is 6.92 Å². The summed E-state index contributed by atoms with van der Waals surface area (Å²) in [5, 5.41) is 14.4. The van der Waals surface area contributed by atoms with E-state index in [-0.39, 0.29) is 22.4 Å². The Kier molecular flexibility index (Phi) is 4.64. The Bertz CT molecular complexity index is 621. The number of sulfonamides is 1. The van der Waals surface area contributed by atoms with Crippen LogP contribution in [0.25, 0.3) is 0 Å². The van der Waals surface area contributed by atoms with Gasteiger partial charge in [-0.25, -0.2) is 13.6 Å². The third-order valence-electron chi connectivity index (χ3n) is 3.30. The maximum absolute atomic E-state index is 12.1. The highest BCUT2D eigenvalue weighted by atomic mass is 32.2. The second-order valence-corrected chi connectivity index (χ2v) is 6.90. The SMILES string of the molecule is COCC(C)CNC(=O)c1n[nH]c(C2CC2)c1S(N)(=O)=O. The maximum atomic E-state index is 12.1. The van der Waals surface area contributed by atoms with Gasteiger partial charge >= 0.3 is 0 Å². The number of carbonyl (C=O) groups excluding carboxylic acids is 1. The normalized spacial score (nSPS) is 16.7. The molecule has 8 nitrogen and oxygen atoms in total. The summed E-state index contributed by atoms with van der Waals surface area (Å²) in [6, 6.07) is 0. The van der Waals surface area contributed by atoms with Crippen molar-refractivity contribution in [2.45, 2.75) is 30.6 Å².